The van der Waals surface area contributed by atoms with Gasteiger partial charge in [0.1, 0.15) is 5.60 Å². The average Bonchev–Trinajstić information content (AvgIpc) is 2.40. The molecule has 0 N–H and O–H groups in total. The lowest BCUT2D eigenvalue weighted by Crippen LogP contribution is -2.29. The van der Waals surface area contributed by atoms with E-state index < -0.39 is 5.60 Å². The number of rotatable bonds is 4. The fraction of sp³-hybridized carbons (Fsp3) is 0.267. The SMILES string of the molecule is COC1(CCc2ccccc2I)C=CC(=O)C=C1. The van der Waals surface area contributed by atoms with Crippen LogP contribution >= 0.6 is 22.6 Å². The zero-order chi connectivity index (χ0) is 13.0. The number of carbonyl (C=O) groups is 1. The Morgan fingerprint density at radius 1 is 1.22 bits per heavy atom. The molecule has 0 bridgehead atoms. The van der Waals surface area contributed by atoms with E-state index in [4.69, 9.17) is 4.74 Å². The molecule has 0 saturated heterocycles. The Morgan fingerprint density at radius 2 is 1.89 bits per heavy atom. The zero-order valence-corrected chi connectivity index (χ0v) is 12.4. The van der Waals surface area contributed by atoms with Gasteiger partial charge < -0.3 is 4.74 Å². The molecule has 0 saturated carbocycles. The van der Waals surface area contributed by atoms with Gasteiger partial charge in [-0.25, -0.2) is 0 Å². The van der Waals surface area contributed by atoms with Crippen molar-refractivity contribution < 1.29 is 9.53 Å². The number of allylic oxidation sites excluding steroid dienone is 2. The van der Waals surface area contributed by atoms with E-state index in [1.54, 1.807) is 19.3 Å². The molecule has 18 heavy (non-hydrogen) atoms. The molecule has 0 heterocycles. The highest BCUT2D eigenvalue weighted by atomic mass is 127. The van der Waals surface area contributed by atoms with Crippen LogP contribution in [0.25, 0.3) is 0 Å². The second-order valence-corrected chi connectivity index (χ2v) is 5.48. The van der Waals surface area contributed by atoms with Crippen LogP contribution in [-0.2, 0) is 16.0 Å². The maximum absolute atomic E-state index is 11.2. The van der Waals surface area contributed by atoms with E-state index in [0.29, 0.717) is 0 Å². The first-order valence-corrected chi connectivity index (χ1v) is 6.94. The number of benzene rings is 1. The number of carbonyl (C=O) groups excluding carboxylic acids is 1. The van der Waals surface area contributed by atoms with Gasteiger partial charge in [0.25, 0.3) is 0 Å². The van der Waals surface area contributed by atoms with E-state index in [1.165, 1.54) is 9.13 Å². The van der Waals surface area contributed by atoms with Crippen molar-refractivity contribution in [2.24, 2.45) is 0 Å². The van der Waals surface area contributed by atoms with Gasteiger partial charge >= 0.3 is 0 Å². The summed E-state index contributed by atoms with van der Waals surface area (Å²) < 4.78 is 6.83. The molecule has 0 aromatic heterocycles. The number of hydrogen-bond acceptors (Lipinski definition) is 2. The van der Waals surface area contributed by atoms with Crippen LogP contribution in [0.15, 0.2) is 48.6 Å². The molecule has 1 aromatic rings. The smallest absolute Gasteiger partial charge is 0.178 e. The number of aryl methyl sites for hydroxylation is 1. The topological polar surface area (TPSA) is 26.3 Å². The van der Waals surface area contributed by atoms with Crippen molar-refractivity contribution in [1.29, 1.82) is 0 Å². The Morgan fingerprint density at radius 3 is 2.50 bits per heavy atom. The molecule has 3 heteroatoms. The van der Waals surface area contributed by atoms with Gasteiger partial charge in [-0.1, -0.05) is 18.2 Å². The van der Waals surface area contributed by atoms with Gasteiger partial charge in [-0.3, -0.25) is 4.79 Å². The van der Waals surface area contributed by atoms with Crippen LogP contribution in [0, 0.1) is 3.57 Å². The van der Waals surface area contributed by atoms with Crippen molar-refractivity contribution in [3.05, 3.63) is 57.7 Å². The molecule has 2 nitrogen and oxygen atoms in total. The van der Waals surface area contributed by atoms with E-state index >= 15 is 0 Å². The van der Waals surface area contributed by atoms with E-state index in [0.717, 1.165) is 12.8 Å². The van der Waals surface area contributed by atoms with Crippen LogP contribution in [0.3, 0.4) is 0 Å². The largest absolute Gasteiger partial charge is 0.370 e. The number of halogens is 1. The minimum absolute atomic E-state index is 0.0250. The van der Waals surface area contributed by atoms with Gasteiger partial charge in [0, 0.05) is 10.7 Å². The molecule has 0 aliphatic heterocycles. The first-order chi connectivity index (χ1) is 8.65. The van der Waals surface area contributed by atoms with Crippen molar-refractivity contribution in [2.75, 3.05) is 7.11 Å². The van der Waals surface area contributed by atoms with Crippen molar-refractivity contribution in [1.82, 2.24) is 0 Å². The molecule has 0 amide bonds. The van der Waals surface area contributed by atoms with E-state index in [1.807, 2.05) is 24.3 Å². The van der Waals surface area contributed by atoms with Gasteiger partial charge in [-0.05, 0) is 71.4 Å². The molecule has 94 valence electrons. The molecule has 0 unspecified atom stereocenters. The van der Waals surface area contributed by atoms with Crippen LogP contribution in [0.1, 0.15) is 12.0 Å². The normalized spacial score (nSPS) is 17.1. The summed E-state index contributed by atoms with van der Waals surface area (Å²) in [5.74, 6) is 0.0250. The number of methoxy groups -OCH3 is 1. The van der Waals surface area contributed by atoms with Crippen molar-refractivity contribution in [3.63, 3.8) is 0 Å². The highest BCUT2D eigenvalue weighted by molar-refractivity contribution is 14.1. The Labute approximate surface area is 121 Å². The number of ether oxygens (including phenoxy) is 1. The van der Waals surface area contributed by atoms with E-state index in [9.17, 15) is 4.79 Å². The summed E-state index contributed by atoms with van der Waals surface area (Å²) >= 11 is 2.34. The molecule has 0 spiro atoms. The van der Waals surface area contributed by atoms with Gasteiger partial charge in [0.15, 0.2) is 5.78 Å². The maximum atomic E-state index is 11.2. The second kappa shape index (κ2) is 5.80. The Hall–Kier alpha value is -0.940. The highest BCUT2D eigenvalue weighted by Crippen LogP contribution is 2.25. The second-order valence-electron chi connectivity index (χ2n) is 4.32. The van der Waals surface area contributed by atoms with Crippen LogP contribution in [0.5, 0.6) is 0 Å². The minimum atomic E-state index is -0.438. The number of ketones is 1. The molecule has 2 rings (SSSR count). The van der Waals surface area contributed by atoms with E-state index in [2.05, 4.69) is 34.7 Å². The summed E-state index contributed by atoms with van der Waals surface area (Å²) in [5, 5.41) is 0. The third kappa shape index (κ3) is 3.09. The fourth-order valence-corrected chi connectivity index (χ4v) is 2.65. The van der Waals surface area contributed by atoms with Crippen molar-refractivity contribution in [3.8, 4) is 0 Å². The van der Waals surface area contributed by atoms with Gasteiger partial charge in [-0.2, -0.15) is 0 Å². The monoisotopic (exact) mass is 354 g/mol. The van der Waals surface area contributed by atoms with Crippen molar-refractivity contribution >= 4 is 28.4 Å². The summed E-state index contributed by atoms with van der Waals surface area (Å²) in [5.41, 5.74) is 0.876. The first-order valence-electron chi connectivity index (χ1n) is 5.86. The Kier molecular flexibility index (Phi) is 4.35. The third-order valence-corrected chi connectivity index (χ3v) is 4.23. The minimum Gasteiger partial charge on any atom is -0.370 e. The van der Waals surface area contributed by atoms with E-state index in [-0.39, 0.29) is 5.78 Å². The summed E-state index contributed by atoms with van der Waals surface area (Å²) in [6.45, 7) is 0. The Bertz CT molecular complexity index is 487. The Balaban J connectivity index is 2.09. The molecule has 0 fully saturated rings. The molecular formula is C15H15IO2. The lowest BCUT2D eigenvalue weighted by atomic mass is 9.90. The van der Waals surface area contributed by atoms with Crippen LogP contribution < -0.4 is 0 Å². The van der Waals surface area contributed by atoms with Gasteiger partial charge in [0.05, 0.1) is 0 Å². The predicted octanol–water partition coefficient (Wildman–Crippen LogP) is 3.30. The first kappa shape index (κ1) is 13.5. The summed E-state index contributed by atoms with van der Waals surface area (Å²) in [6, 6.07) is 8.32. The molecule has 1 aliphatic carbocycles. The zero-order valence-electron chi connectivity index (χ0n) is 10.2. The summed E-state index contributed by atoms with van der Waals surface area (Å²) in [4.78, 5) is 11.2. The maximum Gasteiger partial charge on any atom is 0.178 e. The standard InChI is InChI=1S/C15H15IO2/c1-18-15(10-7-13(17)8-11-15)9-6-12-4-2-3-5-14(12)16/h2-5,7-8,10-11H,6,9H2,1H3. The quantitative estimate of drug-likeness (QED) is 0.776. The number of hydrogen-bond donors (Lipinski definition) is 0. The fourth-order valence-electron chi connectivity index (χ4n) is 1.99. The van der Waals surface area contributed by atoms with Crippen LogP contribution in [0.2, 0.25) is 0 Å². The van der Waals surface area contributed by atoms with Crippen LogP contribution in [-0.4, -0.2) is 18.5 Å². The molecular weight excluding hydrogens is 339 g/mol. The summed E-state index contributed by atoms with van der Waals surface area (Å²) in [6.07, 6.45) is 8.63. The lowest BCUT2D eigenvalue weighted by molar-refractivity contribution is -0.110. The van der Waals surface area contributed by atoms with Gasteiger partial charge in [0.2, 0.25) is 0 Å². The molecule has 1 aromatic carbocycles. The van der Waals surface area contributed by atoms with Gasteiger partial charge in [-0.15, -0.1) is 0 Å². The summed E-state index contributed by atoms with van der Waals surface area (Å²) in [7, 11) is 1.68. The molecule has 0 radical (unpaired) electrons. The lowest BCUT2D eigenvalue weighted by Gasteiger charge is -2.27. The third-order valence-electron chi connectivity index (χ3n) is 3.18. The average molecular weight is 354 g/mol. The van der Waals surface area contributed by atoms with Crippen molar-refractivity contribution in [2.45, 2.75) is 18.4 Å². The van der Waals surface area contributed by atoms with Crippen LogP contribution in [0.4, 0.5) is 0 Å². The predicted molar refractivity (Wildman–Crippen MR) is 80.5 cm³/mol. The molecule has 1 aliphatic rings. The highest BCUT2D eigenvalue weighted by Gasteiger charge is 2.26. The molecule has 0 atom stereocenters.